The molecule has 2 aromatic carbocycles. The molecule has 0 aliphatic heterocycles. The molecule has 2 heterocycles. The van der Waals surface area contributed by atoms with Gasteiger partial charge in [0.05, 0.1) is 12.2 Å². The summed E-state index contributed by atoms with van der Waals surface area (Å²) in [5.74, 6) is 0.587. The maximum absolute atomic E-state index is 13.3. The molecular weight excluding hydrogens is 421 g/mol. The first-order valence-electron chi connectivity index (χ1n) is 9.14. The lowest BCUT2D eigenvalue weighted by molar-refractivity contribution is -0.139. The van der Waals surface area contributed by atoms with Crippen LogP contribution in [0.5, 0.6) is 5.75 Å². The number of alkyl halides is 3. The van der Waals surface area contributed by atoms with Crippen molar-refractivity contribution in [3.63, 3.8) is 0 Å². The van der Waals surface area contributed by atoms with Crippen LogP contribution < -0.4 is 4.74 Å². The second-order valence-corrected chi connectivity index (χ2v) is 7.00. The Morgan fingerprint density at radius 2 is 1.97 bits per heavy atom. The van der Waals surface area contributed by atoms with Crippen molar-refractivity contribution < 1.29 is 22.3 Å². The van der Waals surface area contributed by atoms with Crippen molar-refractivity contribution in [1.29, 1.82) is 0 Å². The zero-order chi connectivity index (χ0) is 21.3. The minimum Gasteiger partial charge on any atom is -0.493 e. The second-order valence-electron chi connectivity index (χ2n) is 6.59. The molecule has 156 valence electrons. The first kappa shape index (κ1) is 20.2. The minimum absolute atomic E-state index is 0.160. The Morgan fingerprint density at radius 1 is 1.13 bits per heavy atom. The van der Waals surface area contributed by atoms with Gasteiger partial charge in [-0.3, -0.25) is 0 Å². The summed E-state index contributed by atoms with van der Waals surface area (Å²) < 4.78 is 50.9. The molecule has 0 aliphatic rings. The average molecular weight is 437 g/mol. The Morgan fingerprint density at radius 3 is 2.67 bits per heavy atom. The van der Waals surface area contributed by atoms with Crippen molar-refractivity contribution in [2.75, 3.05) is 6.61 Å². The summed E-state index contributed by atoms with van der Waals surface area (Å²) in [4.78, 5) is 0. The number of tetrazole rings is 1. The summed E-state index contributed by atoms with van der Waals surface area (Å²) in [6.07, 6.45) is -3.67. The lowest BCUT2D eigenvalue weighted by Crippen LogP contribution is -2.09. The van der Waals surface area contributed by atoms with Crippen LogP contribution in [-0.4, -0.2) is 27.2 Å². The van der Waals surface area contributed by atoms with E-state index in [1.165, 1.54) is 6.07 Å². The Bertz CT molecular complexity index is 1170. The maximum Gasteiger partial charge on any atom is 0.419 e. The molecule has 6 nitrogen and oxygen atoms in total. The molecule has 0 amide bonds. The van der Waals surface area contributed by atoms with Gasteiger partial charge in [0, 0.05) is 10.4 Å². The van der Waals surface area contributed by atoms with Crippen LogP contribution in [0.2, 0.25) is 5.02 Å². The number of benzene rings is 2. The van der Waals surface area contributed by atoms with Crippen LogP contribution in [0, 0.1) is 0 Å². The molecule has 1 N–H and O–H groups in total. The summed E-state index contributed by atoms with van der Waals surface area (Å²) in [6.45, 7) is 1.80. The summed E-state index contributed by atoms with van der Waals surface area (Å²) in [5.41, 5.74) is 1.10. The normalized spacial score (nSPS) is 11.9. The third kappa shape index (κ3) is 4.11. The van der Waals surface area contributed by atoms with Crippen LogP contribution in [0.15, 0.2) is 40.8 Å². The summed E-state index contributed by atoms with van der Waals surface area (Å²) >= 11 is 6.38. The van der Waals surface area contributed by atoms with Gasteiger partial charge in [0.15, 0.2) is 5.76 Å². The highest BCUT2D eigenvalue weighted by molar-refractivity contribution is 6.32. The highest BCUT2D eigenvalue weighted by Gasteiger charge is 2.34. The molecule has 30 heavy (non-hydrogen) atoms. The van der Waals surface area contributed by atoms with Crippen molar-refractivity contribution in [1.82, 2.24) is 20.6 Å². The lowest BCUT2D eigenvalue weighted by atomic mass is 10.0. The Balaban J connectivity index is 1.58. The number of hydrogen-bond donors (Lipinski definition) is 1. The van der Waals surface area contributed by atoms with E-state index >= 15 is 0 Å². The van der Waals surface area contributed by atoms with Gasteiger partial charge < -0.3 is 9.15 Å². The predicted octanol–water partition coefficient (Wildman–Crippen LogP) is 5.47. The molecule has 0 bridgehead atoms. The number of halogens is 4. The number of rotatable bonds is 6. The molecular formula is C20H16ClF3N4O2. The van der Waals surface area contributed by atoms with E-state index in [2.05, 4.69) is 20.6 Å². The van der Waals surface area contributed by atoms with Crippen molar-refractivity contribution in [3.05, 3.63) is 58.1 Å². The van der Waals surface area contributed by atoms with E-state index in [4.69, 9.17) is 20.8 Å². The SMILES string of the molecule is CCOc1ccc(CCc2cc3oc(-c4nn[nH]n4)cc3cc2Cl)cc1C(F)(F)F. The standard InChI is InChI=1S/C20H16ClF3N4O2/c1-2-29-16-6-4-11(7-14(16)20(22,23)24)3-5-12-9-17-13(8-15(12)21)10-18(30-17)19-25-27-28-26-19/h4,6-10H,2-3,5H2,1H3,(H,25,26,27,28). The number of aromatic nitrogens is 4. The van der Waals surface area contributed by atoms with Crippen molar-refractivity contribution >= 4 is 22.6 Å². The fourth-order valence-corrected chi connectivity index (χ4v) is 3.45. The van der Waals surface area contributed by atoms with Crippen LogP contribution in [-0.2, 0) is 19.0 Å². The number of furan rings is 1. The Hall–Kier alpha value is -3.07. The second kappa shape index (κ2) is 7.98. The lowest BCUT2D eigenvalue weighted by Gasteiger charge is -2.14. The molecule has 0 radical (unpaired) electrons. The number of ether oxygens (including phenoxy) is 1. The Kier molecular flexibility index (Phi) is 5.38. The quantitative estimate of drug-likeness (QED) is 0.433. The third-order valence-electron chi connectivity index (χ3n) is 4.58. The van der Waals surface area contributed by atoms with Gasteiger partial charge in [-0.25, -0.2) is 0 Å². The van der Waals surface area contributed by atoms with E-state index in [-0.39, 0.29) is 12.4 Å². The van der Waals surface area contributed by atoms with Gasteiger partial charge in [-0.2, -0.15) is 18.4 Å². The molecule has 0 atom stereocenters. The van der Waals surface area contributed by atoms with Gasteiger partial charge >= 0.3 is 6.18 Å². The molecule has 0 unspecified atom stereocenters. The van der Waals surface area contributed by atoms with Crippen LogP contribution in [0.4, 0.5) is 13.2 Å². The highest BCUT2D eigenvalue weighted by Crippen LogP contribution is 2.37. The molecule has 4 rings (SSSR count). The van der Waals surface area contributed by atoms with Gasteiger partial charge in [-0.15, -0.1) is 10.2 Å². The average Bonchev–Trinajstić information content (AvgIpc) is 3.35. The van der Waals surface area contributed by atoms with E-state index in [1.807, 2.05) is 0 Å². The fraction of sp³-hybridized carbons (Fsp3) is 0.250. The number of hydrogen-bond acceptors (Lipinski definition) is 5. The number of nitrogens with one attached hydrogen (secondary N) is 1. The smallest absolute Gasteiger partial charge is 0.419 e. The number of fused-ring (bicyclic) bond motifs is 1. The van der Waals surface area contributed by atoms with Crippen molar-refractivity contribution in [2.45, 2.75) is 25.9 Å². The van der Waals surface area contributed by atoms with Gasteiger partial charge in [-0.1, -0.05) is 17.7 Å². The molecule has 0 saturated heterocycles. The molecule has 10 heteroatoms. The molecule has 0 aliphatic carbocycles. The Labute approximate surface area is 174 Å². The number of aryl methyl sites for hydroxylation is 2. The number of aromatic amines is 1. The molecule has 0 fully saturated rings. The third-order valence-corrected chi connectivity index (χ3v) is 4.94. The first-order chi connectivity index (χ1) is 14.3. The zero-order valence-electron chi connectivity index (χ0n) is 15.8. The molecule has 0 spiro atoms. The largest absolute Gasteiger partial charge is 0.493 e. The fourth-order valence-electron chi connectivity index (χ4n) is 3.18. The maximum atomic E-state index is 13.3. The van der Waals surface area contributed by atoms with Gasteiger partial charge in [0.1, 0.15) is 11.3 Å². The topological polar surface area (TPSA) is 76.8 Å². The van der Waals surface area contributed by atoms with Gasteiger partial charge in [-0.05, 0) is 66.4 Å². The van der Waals surface area contributed by atoms with E-state index in [1.54, 1.807) is 31.2 Å². The highest BCUT2D eigenvalue weighted by atomic mass is 35.5. The summed E-state index contributed by atoms with van der Waals surface area (Å²) in [7, 11) is 0. The van der Waals surface area contributed by atoms with Crippen LogP contribution in [0.3, 0.4) is 0 Å². The van der Waals surface area contributed by atoms with Gasteiger partial charge in [0.25, 0.3) is 0 Å². The van der Waals surface area contributed by atoms with Crippen LogP contribution in [0.25, 0.3) is 22.6 Å². The van der Waals surface area contributed by atoms with E-state index in [9.17, 15) is 13.2 Å². The number of H-pyrrole nitrogens is 1. The van der Waals surface area contributed by atoms with Crippen molar-refractivity contribution in [3.8, 4) is 17.3 Å². The van der Waals surface area contributed by atoms with Crippen molar-refractivity contribution in [2.24, 2.45) is 0 Å². The molecule has 4 aromatic rings. The van der Waals surface area contributed by atoms with E-state index in [0.29, 0.717) is 40.6 Å². The summed E-state index contributed by atoms with van der Waals surface area (Å²) in [6, 6.07) is 9.39. The van der Waals surface area contributed by atoms with E-state index in [0.717, 1.165) is 17.0 Å². The predicted molar refractivity (Wildman–Crippen MR) is 104 cm³/mol. The van der Waals surface area contributed by atoms with Crippen LogP contribution >= 0.6 is 11.6 Å². The van der Waals surface area contributed by atoms with E-state index < -0.39 is 11.7 Å². The number of nitrogens with zero attached hydrogens (tertiary/aromatic N) is 3. The molecule has 0 saturated carbocycles. The van der Waals surface area contributed by atoms with Gasteiger partial charge in [0.2, 0.25) is 5.82 Å². The minimum atomic E-state index is -4.49. The zero-order valence-corrected chi connectivity index (χ0v) is 16.5. The van der Waals surface area contributed by atoms with Crippen LogP contribution in [0.1, 0.15) is 23.6 Å². The monoisotopic (exact) mass is 436 g/mol. The first-order valence-corrected chi connectivity index (χ1v) is 9.51. The molecule has 2 aromatic heterocycles. The summed E-state index contributed by atoms with van der Waals surface area (Å²) in [5, 5.41) is 14.9.